The van der Waals surface area contributed by atoms with E-state index in [0.717, 1.165) is 35.1 Å². The number of nitrogens with zero attached hydrogens (tertiary/aromatic N) is 5. The minimum atomic E-state index is -0.543. The number of ketones is 1. The summed E-state index contributed by atoms with van der Waals surface area (Å²) in [6.07, 6.45) is 1.83. The van der Waals surface area contributed by atoms with Crippen LogP contribution in [0.5, 0.6) is 0 Å². The number of amides is 2. The molecule has 2 heterocycles. The fourth-order valence-electron chi connectivity index (χ4n) is 4.77. The predicted molar refractivity (Wildman–Crippen MR) is 147 cm³/mol. The Hall–Kier alpha value is -4.08. The molecule has 2 N–H and O–H groups in total. The quantitative estimate of drug-likeness (QED) is 0.395. The summed E-state index contributed by atoms with van der Waals surface area (Å²) >= 11 is 0. The van der Waals surface area contributed by atoms with E-state index >= 15 is 4.39 Å². The summed E-state index contributed by atoms with van der Waals surface area (Å²) < 4.78 is 16.9. The lowest BCUT2D eigenvalue weighted by molar-refractivity contribution is 0.100. The first-order valence-corrected chi connectivity index (χ1v) is 12.6. The number of rotatable bonds is 6. The van der Waals surface area contributed by atoms with Crippen LogP contribution in [0.1, 0.15) is 15.9 Å². The van der Waals surface area contributed by atoms with E-state index in [1.807, 2.05) is 61.4 Å². The topological polar surface area (TPSA) is 87.7 Å². The zero-order chi connectivity index (χ0) is 26.8. The van der Waals surface area contributed by atoms with Crippen LogP contribution >= 0.6 is 0 Å². The van der Waals surface area contributed by atoms with E-state index in [9.17, 15) is 9.59 Å². The molecule has 38 heavy (non-hydrogen) atoms. The number of aromatic nitrogens is 2. The van der Waals surface area contributed by atoms with Gasteiger partial charge in [-0.1, -0.05) is 30.3 Å². The van der Waals surface area contributed by atoms with Crippen LogP contribution in [0.25, 0.3) is 22.0 Å². The van der Waals surface area contributed by atoms with Gasteiger partial charge in [-0.3, -0.25) is 14.4 Å². The molecule has 0 spiro atoms. The number of urea groups is 1. The molecule has 4 aromatic rings. The van der Waals surface area contributed by atoms with E-state index in [2.05, 4.69) is 16.1 Å². The van der Waals surface area contributed by atoms with Crippen LogP contribution < -0.4 is 10.6 Å². The number of hydrogen-bond acceptors (Lipinski definition) is 5. The van der Waals surface area contributed by atoms with Crippen molar-refractivity contribution in [3.05, 3.63) is 83.8 Å². The number of benzene rings is 3. The highest BCUT2D eigenvalue weighted by atomic mass is 19.1. The van der Waals surface area contributed by atoms with Crippen molar-refractivity contribution in [3.63, 3.8) is 0 Å². The van der Waals surface area contributed by atoms with Crippen molar-refractivity contribution in [3.8, 4) is 11.1 Å². The highest BCUT2D eigenvalue weighted by Gasteiger charge is 2.26. The van der Waals surface area contributed by atoms with Crippen LogP contribution in [0, 0.1) is 5.82 Å². The average Bonchev–Trinajstić information content (AvgIpc) is 3.31. The summed E-state index contributed by atoms with van der Waals surface area (Å²) in [5.74, 6) is -0.877. The van der Waals surface area contributed by atoms with Gasteiger partial charge >= 0.3 is 6.03 Å². The molecule has 1 aliphatic heterocycles. The Morgan fingerprint density at radius 3 is 2.47 bits per heavy atom. The molecule has 0 radical (unpaired) electrons. The van der Waals surface area contributed by atoms with Gasteiger partial charge in [-0.15, -0.1) is 0 Å². The third kappa shape index (κ3) is 5.16. The molecule has 8 nitrogen and oxygen atoms in total. The number of carbonyl (C=O) groups excluding carboxylic acids is 2. The molecule has 1 saturated heterocycles. The zero-order valence-corrected chi connectivity index (χ0v) is 21.6. The van der Waals surface area contributed by atoms with Gasteiger partial charge in [0.1, 0.15) is 5.82 Å². The fraction of sp³-hybridized carbons (Fsp3) is 0.276. The Morgan fingerprint density at radius 2 is 1.74 bits per heavy atom. The maximum atomic E-state index is 15.1. The van der Waals surface area contributed by atoms with Crippen molar-refractivity contribution in [2.75, 3.05) is 44.7 Å². The third-order valence-electron chi connectivity index (χ3n) is 7.13. The average molecular weight is 515 g/mol. The highest BCUT2D eigenvalue weighted by Crippen LogP contribution is 2.29. The Balaban J connectivity index is 1.50. The molecule has 0 aliphatic carbocycles. The summed E-state index contributed by atoms with van der Waals surface area (Å²) in [7, 11) is 3.93. The largest absolute Gasteiger partial charge is 0.324 e. The number of nitrogens with two attached hydrogens (primary N) is 1. The van der Waals surface area contributed by atoms with Crippen LogP contribution in [0.15, 0.2) is 66.9 Å². The Labute approximate surface area is 221 Å². The predicted octanol–water partition coefficient (Wildman–Crippen LogP) is 3.89. The maximum Gasteiger partial charge on any atom is 0.324 e. The summed E-state index contributed by atoms with van der Waals surface area (Å²) in [4.78, 5) is 31.3. The molecule has 196 valence electrons. The van der Waals surface area contributed by atoms with Crippen LogP contribution in [0.3, 0.4) is 0 Å². The molecule has 1 fully saturated rings. The number of anilines is 1. The van der Waals surface area contributed by atoms with Gasteiger partial charge in [0.05, 0.1) is 24.8 Å². The second-order valence-electron chi connectivity index (χ2n) is 9.68. The molecule has 0 saturated carbocycles. The number of aryl methyl sites for hydroxylation is 1. The summed E-state index contributed by atoms with van der Waals surface area (Å²) in [5.41, 5.74) is 9.61. The van der Waals surface area contributed by atoms with Gasteiger partial charge in [-0.25, -0.2) is 9.18 Å². The molecule has 0 atom stereocenters. The first-order valence-electron chi connectivity index (χ1n) is 12.6. The number of Topliss-reactive ketones (excluding diaryl/α,β-unsaturated/α-hetero) is 1. The Bertz CT molecular complexity index is 1490. The van der Waals surface area contributed by atoms with E-state index in [1.54, 1.807) is 21.9 Å². The van der Waals surface area contributed by atoms with Gasteiger partial charge in [0.25, 0.3) is 0 Å². The molecule has 3 aromatic carbocycles. The van der Waals surface area contributed by atoms with E-state index < -0.39 is 5.82 Å². The smallest absolute Gasteiger partial charge is 0.324 e. The van der Waals surface area contributed by atoms with Crippen molar-refractivity contribution < 1.29 is 14.0 Å². The Kier molecular flexibility index (Phi) is 7.22. The molecule has 5 rings (SSSR count). The molecule has 0 bridgehead atoms. The van der Waals surface area contributed by atoms with Crippen molar-refractivity contribution in [2.45, 2.75) is 6.54 Å². The SMILES string of the molecule is CN1CCN(C(=O)N(Cc2ccc(C(=O)CN)cc2F)c2cccc(-c3ccc4c(cnn4C)c3)c2)CC1. The lowest BCUT2D eigenvalue weighted by atomic mass is 10.0. The molecule has 9 heteroatoms. The number of hydrogen-bond donors (Lipinski definition) is 1. The molecular formula is C29H31FN6O2. The molecular weight excluding hydrogens is 483 g/mol. The van der Waals surface area contributed by atoms with Crippen molar-refractivity contribution in [1.29, 1.82) is 0 Å². The second-order valence-corrected chi connectivity index (χ2v) is 9.68. The second kappa shape index (κ2) is 10.7. The van der Waals surface area contributed by atoms with E-state index in [0.29, 0.717) is 24.3 Å². The maximum absolute atomic E-state index is 15.1. The minimum absolute atomic E-state index is 0.0270. The third-order valence-corrected chi connectivity index (χ3v) is 7.13. The summed E-state index contributed by atoms with van der Waals surface area (Å²) in [6, 6.07) is 18.0. The standard InChI is InChI=1S/C29H31FN6O2/c1-33-10-12-35(13-11-33)29(38)36(19-23-7-6-22(16-26(23)30)28(37)17-31)25-5-3-4-20(15-25)21-8-9-27-24(14-21)18-32-34(27)2/h3-9,14-16,18H,10-13,17,19,31H2,1-2H3. The van der Waals surface area contributed by atoms with E-state index in [4.69, 9.17) is 5.73 Å². The van der Waals surface area contributed by atoms with Gasteiger partial charge in [0.15, 0.2) is 5.78 Å². The Morgan fingerprint density at radius 1 is 0.974 bits per heavy atom. The number of halogens is 1. The molecule has 1 aliphatic rings. The van der Waals surface area contributed by atoms with Gasteiger partial charge in [0, 0.05) is 55.4 Å². The zero-order valence-electron chi connectivity index (χ0n) is 21.6. The number of carbonyl (C=O) groups is 2. The number of likely N-dealkylation sites (N-methyl/N-ethyl adjacent to an activating group) is 1. The fourth-order valence-corrected chi connectivity index (χ4v) is 4.77. The summed E-state index contributed by atoms with van der Waals surface area (Å²) in [6.45, 7) is 2.57. The first-order chi connectivity index (χ1) is 18.3. The lowest BCUT2D eigenvalue weighted by Crippen LogP contribution is -2.52. The summed E-state index contributed by atoms with van der Waals surface area (Å²) in [5, 5.41) is 5.35. The van der Waals surface area contributed by atoms with Crippen LogP contribution in [-0.4, -0.2) is 71.2 Å². The van der Waals surface area contributed by atoms with Crippen LogP contribution in [0.4, 0.5) is 14.9 Å². The molecule has 0 unspecified atom stereocenters. The van der Waals surface area contributed by atoms with Crippen molar-refractivity contribution in [2.24, 2.45) is 12.8 Å². The van der Waals surface area contributed by atoms with Crippen LogP contribution in [0.2, 0.25) is 0 Å². The van der Waals surface area contributed by atoms with Crippen molar-refractivity contribution >= 4 is 28.4 Å². The first kappa shape index (κ1) is 25.6. The lowest BCUT2D eigenvalue weighted by Gasteiger charge is -2.36. The monoisotopic (exact) mass is 514 g/mol. The van der Waals surface area contributed by atoms with Gasteiger partial charge in [0.2, 0.25) is 0 Å². The highest BCUT2D eigenvalue weighted by molar-refractivity contribution is 5.97. The van der Waals surface area contributed by atoms with E-state index in [1.165, 1.54) is 6.07 Å². The number of fused-ring (bicyclic) bond motifs is 1. The van der Waals surface area contributed by atoms with Gasteiger partial charge in [-0.05, 0) is 48.5 Å². The van der Waals surface area contributed by atoms with Gasteiger partial charge < -0.3 is 15.5 Å². The minimum Gasteiger partial charge on any atom is -0.324 e. The van der Waals surface area contributed by atoms with Gasteiger partial charge in [-0.2, -0.15) is 5.10 Å². The molecule has 1 aromatic heterocycles. The normalized spacial score (nSPS) is 14.2. The molecule has 2 amide bonds. The van der Waals surface area contributed by atoms with Crippen LogP contribution in [-0.2, 0) is 13.6 Å². The van der Waals surface area contributed by atoms with Crippen molar-refractivity contribution in [1.82, 2.24) is 19.6 Å². The van der Waals surface area contributed by atoms with E-state index in [-0.39, 0.29) is 30.5 Å². The number of piperazine rings is 1.